The molecule has 4 heteroatoms. The zero-order valence-electron chi connectivity index (χ0n) is 12.0. The van der Waals surface area contributed by atoms with Gasteiger partial charge in [-0.05, 0) is 31.0 Å². The summed E-state index contributed by atoms with van der Waals surface area (Å²) in [5, 5.41) is 15.4. The topological polar surface area (TPSA) is 61.4 Å². The predicted molar refractivity (Wildman–Crippen MR) is 77.1 cm³/mol. The molecule has 1 aromatic carbocycles. The molecule has 0 aromatic heterocycles. The van der Waals surface area contributed by atoms with Crippen LogP contribution >= 0.6 is 0 Å². The second-order valence-electron chi connectivity index (χ2n) is 5.10. The molecule has 0 saturated carbocycles. The minimum Gasteiger partial charge on any atom is -0.394 e. The molecule has 106 valence electrons. The number of rotatable bonds is 7. The van der Waals surface area contributed by atoms with E-state index in [0.717, 1.165) is 18.4 Å². The first-order valence-electron chi connectivity index (χ1n) is 6.71. The van der Waals surface area contributed by atoms with Gasteiger partial charge in [-0.2, -0.15) is 0 Å². The third-order valence-electron chi connectivity index (χ3n) is 3.31. The van der Waals surface area contributed by atoms with Gasteiger partial charge < -0.3 is 15.7 Å². The van der Waals surface area contributed by atoms with Crippen LogP contribution in [0.4, 0.5) is 0 Å². The molecule has 4 nitrogen and oxygen atoms in total. The van der Waals surface area contributed by atoms with E-state index < -0.39 is 0 Å². The molecule has 0 aliphatic rings. The maximum absolute atomic E-state index is 11.4. The van der Waals surface area contributed by atoms with Crippen molar-refractivity contribution < 1.29 is 9.90 Å². The van der Waals surface area contributed by atoms with Crippen molar-refractivity contribution in [3.8, 4) is 0 Å². The Hall–Kier alpha value is -1.39. The molecule has 1 amide bonds. The standard InChI is InChI=1S/C15H24N2O2/c1-4-9-15(2,11-18)17-10-12-5-7-13(8-6-12)14(19)16-3/h5-8,17-18H,4,9-11H2,1-3H3,(H,16,19). The number of hydrogen-bond donors (Lipinski definition) is 3. The van der Waals surface area contributed by atoms with Crippen LogP contribution in [0.15, 0.2) is 24.3 Å². The molecule has 1 rings (SSSR count). The number of hydrogen-bond acceptors (Lipinski definition) is 3. The Labute approximate surface area is 115 Å². The SMILES string of the molecule is CCCC(C)(CO)NCc1ccc(C(=O)NC)cc1. The van der Waals surface area contributed by atoms with E-state index in [1.807, 2.05) is 31.2 Å². The highest BCUT2D eigenvalue weighted by Gasteiger charge is 2.20. The normalized spacial score (nSPS) is 13.9. The van der Waals surface area contributed by atoms with Gasteiger partial charge in [0.05, 0.1) is 6.61 Å². The van der Waals surface area contributed by atoms with Crippen molar-refractivity contribution in [3.05, 3.63) is 35.4 Å². The lowest BCUT2D eigenvalue weighted by Crippen LogP contribution is -2.45. The first-order valence-corrected chi connectivity index (χ1v) is 6.71. The Morgan fingerprint density at radius 1 is 1.32 bits per heavy atom. The minimum atomic E-state index is -0.242. The van der Waals surface area contributed by atoms with Crippen molar-refractivity contribution in [2.75, 3.05) is 13.7 Å². The third-order valence-corrected chi connectivity index (χ3v) is 3.31. The van der Waals surface area contributed by atoms with Gasteiger partial charge in [0, 0.05) is 24.7 Å². The smallest absolute Gasteiger partial charge is 0.251 e. The third kappa shape index (κ3) is 4.65. The van der Waals surface area contributed by atoms with Crippen LogP contribution in [0, 0.1) is 0 Å². The van der Waals surface area contributed by atoms with E-state index in [-0.39, 0.29) is 18.1 Å². The number of carbonyl (C=O) groups excluding carboxylic acids is 1. The fraction of sp³-hybridized carbons (Fsp3) is 0.533. The molecule has 3 N–H and O–H groups in total. The van der Waals surface area contributed by atoms with Crippen molar-refractivity contribution in [1.82, 2.24) is 10.6 Å². The van der Waals surface area contributed by atoms with Crippen LogP contribution in [0.5, 0.6) is 0 Å². The molecule has 0 spiro atoms. The van der Waals surface area contributed by atoms with Crippen LogP contribution in [-0.2, 0) is 6.54 Å². The van der Waals surface area contributed by atoms with Gasteiger partial charge in [0.1, 0.15) is 0 Å². The molecule has 0 bridgehead atoms. The van der Waals surface area contributed by atoms with E-state index >= 15 is 0 Å². The second kappa shape index (κ2) is 7.26. The van der Waals surface area contributed by atoms with Gasteiger partial charge in [-0.1, -0.05) is 25.5 Å². The van der Waals surface area contributed by atoms with Crippen molar-refractivity contribution in [2.24, 2.45) is 0 Å². The molecule has 1 unspecified atom stereocenters. The van der Waals surface area contributed by atoms with Gasteiger partial charge in [-0.25, -0.2) is 0 Å². The first-order chi connectivity index (χ1) is 9.04. The zero-order valence-corrected chi connectivity index (χ0v) is 12.0. The summed E-state index contributed by atoms with van der Waals surface area (Å²) in [5.41, 5.74) is 1.52. The Morgan fingerprint density at radius 2 is 1.95 bits per heavy atom. The van der Waals surface area contributed by atoms with E-state index in [0.29, 0.717) is 12.1 Å². The molecule has 0 radical (unpaired) electrons. The molecule has 0 aliphatic carbocycles. The van der Waals surface area contributed by atoms with E-state index in [1.54, 1.807) is 7.05 Å². The quantitative estimate of drug-likeness (QED) is 0.702. The lowest BCUT2D eigenvalue weighted by Gasteiger charge is -2.28. The predicted octanol–water partition coefficient (Wildman–Crippen LogP) is 1.69. The highest BCUT2D eigenvalue weighted by atomic mass is 16.3. The fourth-order valence-corrected chi connectivity index (χ4v) is 2.01. The Kier molecular flexibility index (Phi) is 5.99. The van der Waals surface area contributed by atoms with Crippen LogP contribution in [0.1, 0.15) is 42.6 Å². The second-order valence-corrected chi connectivity index (χ2v) is 5.10. The van der Waals surface area contributed by atoms with E-state index in [9.17, 15) is 9.90 Å². The van der Waals surface area contributed by atoms with Crippen molar-refractivity contribution in [2.45, 2.75) is 38.8 Å². The average molecular weight is 264 g/mol. The lowest BCUT2D eigenvalue weighted by molar-refractivity contribution is 0.0963. The van der Waals surface area contributed by atoms with Crippen LogP contribution in [-0.4, -0.2) is 30.2 Å². The van der Waals surface area contributed by atoms with Crippen molar-refractivity contribution in [1.29, 1.82) is 0 Å². The Balaban J connectivity index is 2.61. The van der Waals surface area contributed by atoms with E-state index in [4.69, 9.17) is 0 Å². The van der Waals surface area contributed by atoms with Gasteiger partial charge in [0.2, 0.25) is 0 Å². The summed E-state index contributed by atoms with van der Waals surface area (Å²) in [6.07, 6.45) is 1.96. The number of nitrogens with one attached hydrogen (secondary N) is 2. The highest BCUT2D eigenvalue weighted by Crippen LogP contribution is 2.13. The number of amides is 1. The molecule has 0 aliphatic heterocycles. The van der Waals surface area contributed by atoms with Crippen molar-refractivity contribution >= 4 is 5.91 Å². The van der Waals surface area contributed by atoms with Crippen LogP contribution < -0.4 is 10.6 Å². The minimum absolute atomic E-state index is 0.0781. The summed E-state index contributed by atoms with van der Waals surface area (Å²) in [6.45, 7) is 4.94. The largest absolute Gasteiger partial charge is 0.394 e. The van der Waals surface area contributed by atoms with Crippen molar-refractivity contribution in [3.63, 3.8) is 0 Å². The molecule has 1 aromatic rings. The van der Waals surface area contributed by atoms with Gasteiger partial charge in [0.15, 0.2) is 0 Å². The summed E-state index contributed by atoms with van der Waals surface area (Å²) in [5.74, 6) is -0.0781. The molecule has 19 heavy (non-hydrogen) atoms. The maximum atomic E-state index is 11.4. The number of carbonyl (C=O) groups is 1. The molecule has 0 saturated heterocycles. The van der Waals surface area contributed by atoms with Gasteiger partial charge in [-0.3, -0.25) is 4.79 Å². The van der Waals surface area contributed by atoms with Crippen LogP contribution in [0.25, 0.3) is 0 Å². The fourth-order valence-electron chi connectivity index (χ4n) is 2.01. The Bertz CT molecular complexity index is 403. The molecular formula is C15H24N2O2. The number of aliphatic hydroxyl groups is 1. The molecule has 1 atom stereocenters. The zero-order chi connectivity index (χ0) is 14.3. The summed E-state index contributed by atoms with van der Waals surface area (Å²) >= 11 is 0. The Morgan fingerprint density at radius 3 is 2.42 bits per heavy atom. The van der Waals surface area contributed by atoms with Gasteiger partial charge in [-0.15, -0.1) is 0 Å². The van der Waals surface area contributed by atoms with Crippen LogP contribution in [0.3, 0.4) is 0 Å². The molecule has 0 heterocycles. The first kappa shape index (κ1) is 15.7. The molecule has 0 fully saturated rings. The monoisotopic (exact) mass is 264 g/mol. The maximum Gasteiger partial charge on any atom is 0.251 e. The summed E-state index contributed by atoms with van der Waals surface area (Å²) < 4.78 is 0. The van der Waals surface area contributed by atoms with Crippen LogP contribution in [0.2, 0.25) is 0 Å². The number of aliphatic hydroxyl groups excluding tert-OH is 1. The lowest BCUT2D eigenvalue weighted by atomic mass is 9.97. The summed E-state index contributed by atoms with van der Waals surface area (Å²) in [7, 11) is 1.62. The van der Waals surface area contributed by atoms with Gasteiger partial charge >= 0.3 is 0 Å². The summed E-state index contributed by atoms with van der Waals surface area (Å²) in [4.78, 5) is 11.4. The number of benzene rings is 1. The van der Waals surface area contributed by atoms with E-state index in [1.165, 1.54) is 0 Å². The van der Waals surface area contributed by atoms with Gasteiger partial charge in [0.25, 0.3) is 5.91 Å². The molecular weight excluding hydrogens is 240 g/mol. The average Bonchev–Trinajstić information content (AvgIpc) is 2.45. The highest BCUT2D eigenvalue weighted by molar-refractivity contribution is 5.93. The van der Waals surface area contributed by atoms with E-state index in [2.05, 4.69) is 17.6 Å². The summed E-state index contributed by atoms with van der Waals surface area (Å²) in [6, 6.07) is 7.49.